The van der Waals surface area contributed by atoms with Crippen molar-refractivity contribution in [2.75, 3.05) is 20.2 Å². The molecule has 11 heteroatoms. The minimum Gasteiger partial charge on any atom is -0.475 e. The molecule has 1 fully saturated rings. The first-order valence-corrected chi connectivity index (χ1v) is 12.3. The van der Waals surface area contributed by atoms with Gasteiger partial charge in [-0.25, -0.2) is 4.79 Å². The van der Waals surface area contributed by atoms with Gasteiger partial charge < -0.3 is 14.7 Å². The Hall–Kier alpha value is -3.68. The van der Waals surface area contributed by atoms with Gasteiger partial charge in [-0.05, 0) is 47.8 Å². The lowest BCUT2D eigenvalue weighted by Crippen LogP contribution is -2.43. The number of aliphatic carboxylic acids is 1. The number of rotatable bonds is 5. The largest absolute Gasteiger partial charge is 0.490 e. The van der Waals surface area contributed by atoms with E-state index < -0.39 is 23.9 Å². The monoisotopic (exact) mass is 573 g/mol. The number of likely N-dealkylation sites (tertiary alicyclic amines) is 1. The molecular formula is C29H33F6NO4. The average molecular weight is 574 g/mol. The quantitative estimate of drug-likeness (QED) is 0.319. The Balaban J connectivity index is 0.000000617. The van der Waals surface area contributed by atoms with E-state index in [-0.39, 0.29) is 17.2 Å². The Morgan fingerprint density at radius 2 is 1.48 bits per heavy atom. The van der Waals surface area contributed by atoms with E-state index in [4.69, 9.17) is 9.90 Å². The van der Waals surface area contributed by atoms with Crippen molar-refractivity contribution < 1.29 is 45.8 Å². The molecule has 5 nitrogen and oxygen atoms in total. The van der Waals surface area contributed by atoms with E-state index in [9.17, 15) is 31.1 Å². The smallest absolute Gasteiger partial charge is 0.475 e. The van der Waals surface area contributed by atoms with Crippen LogP contribution < -0.4 is 0 Å². The lowest BCUT2D eigenvalue weighted by molar-refractivity contribution is -0.192. The number of halogens is 6. The summed E-state index contributed by atoms with van der Waals surface area (Å²) < 4.78 is 75.1. The maximum atomic E-state index is 13.1. The molecule has 1 aliphatic rings. The van der Waals surface area contributed by atoms with Gasteiger partial charge in [0.15, 0.2) is 0 Å². The molecule has 1 amide bonds. The fourth-order valence-electron chi connectivity index (χ4n) is 4.24. The van der Waals surface area contributed by atoms with Crippen LogP contribution in [0.3, 0.4) is 0 Å². The van der Waals surface area contributed by atoms with E-state index in [2.05, 4.69) is 11.2 Å². The summed E-state index contributed by atoms with van der Waals surface area (Å²) in [5.41, 5.74) is 0.889. The van der Waals surface area contributed by atoms with Gasteiger partial charge in [0.05, 0.1) is 12.7 Å². The second kappa shape index (κ2) is 15.2. The number of carbonyl (C=O) groups is 2. The molecule has 40 heavy (non-hydrogen) atoms. The van der Waals surface area contributed by atoms with Crippen LogP contribution in [0.1, 0.15) is 49.8 Å². The fraction of sp³-hybridized carbons (Fsp3) is 0.448. The molecule has 220 valence electrons. The minimum absolute atomic E-state index is 0.157. The Labute approximate surface area is 230 Å². The van der Waals surface area contributed by atoms with Crippen molar-refractivity contribution in [2.24, 2.45) is 5.92 Å². The molecule has 0 spiro atoms. The van der Waals surface area contributed by atoms with Gasteiger partial charge in [0.1, 0.15) is 6.11 Å². The number of carbonyl (C=O) groups excluding carboxylic acids is 1. The summed E-state index contributed by atoms with van der Waals surface area (Å²) >= 11 is 0. The summed E-state index contributed by atoms with van der Waals surface area (Å²) in [5.74, 6) is -2.36. The van der Waals surface area contributed by atoms with Gasteiger partial charge in [0, 0.05) is 19.5 Å². The fourth-order valence-corrected chi connectivity index (χ4v) is 4.24. The molecule has 3 rings (SSSR count). The van der Waals surface area contributed by atoms with Crippen molar-refractivity contribution in [3.8, 4) is 12.5 Å². The third kappa shape index (κ3) is 11.2. The molecular weight excluding hydrogens is 540 g/mol. The SMILES string of the molecule is C#COC.CC(C)(c1cccc(C(F)(F)F)c1)C1CCN(C(=O)CCc2ccccc2)CC1.O=C(O)C(F)(F)F. The molecule has 0 bridgehead atoms. The maximum Gasteiger partial charge on any atom is 0.490 e. The predicted octanol–water partition coefficient (Wildman–Crippen LogP) is 6.71. The normalized spacial score (nSPS) is 14.1. The highest BCUT2D eigenvalue weighted by Crippen LogP contribution is 2.40. The van der Waals surface area contributed by atoms with E-state index in [0.29, 0.717) is 25.1 Å². The summed E-state index contributed by atoms with van der Waals surface area (Å²) in [4.78, 5) is 23.4. The van der Waals surface area contributed by atoms with Crippen LogP contribution in [-0.2, 0) is 32.3 Å². The van der Waals surface area contributed by atoms with E-state index in [1.165, 1.54) is 19.2 Å². The summed E-state index contributed by atoms with van der Waals surface area (Å²) in [5, 5.41) is 7.12. The number of hydrogen-bond donors (Lipinski definition) is 1. The third-order valence-corrected chi connectivity index (χ3v) is 6.63. The molecule has 0 aliphatic carbocycles. The molecule has 0 radical (unpaired) electrons. The van der Waals surface area contributed by atoms with Crippen molar-refractivity contribution in [1.82, 2.24) is 4.90 Å². The van der Waals surface area contributed by atoms with Crippen LogP contribution in [0.2, 0.25) is 0 Å². The molecule has 1 aliphatic heterocycles. The number of hydrogen-bond acceptors (Lipinski definition) is 3. The average Bonchev–Trinajstić information content (AvgIpc) is 2.92. The Kier molecular flexibility index (Phi) is 13.1. The Bertz CT molecular complexity index is 1120. The van der Waals surface area contributed by atoms with E-state index in [0.717, 1.165) is 30.9 Å². The number of methoxy groups -OCH3 is 1. The molecule has 0 aromatic heterocycles. The molecule has 2 aromatic carbocycles. The van der Waals surface area contributed by atoms with Crippen LogP contribution in [0.25, 0.3) is 0 Å². The van der Waals surface area contributed by atoms with Crippen LogP contribution in [0.5, 0.6) is 0 Å². The van der Waals surface area contributed by atoms with Crippen LogP contribution >= 0.6 is 0 Å². The molecule has 1 saturated heterocycles. The van der Waals surface area contributed by atoms with E-state index in [1.54, 1.807) is 6.07 Å². The van der Waals surface area contributed by atoms with Crippen LogP contribution in [0, 0.1) is 18.4 Å². The maximum absolute atomic E-state index is 13.1. The standard InChI is InChI=1S/C24H28F3NO.C3H4O.C2HF3O2/c1-23(2,20-9-6-10-21(17-20)24(25,26)27)19-13-15-28(16-14-19)22(29)12-11-18-7-4-3-5-8-18;1-3-4-2;3-2(4,5)1(6)7/h3-10,17,19H,11-16H2,1-2H3;1H,2H3;(H,6,7). The van der Waals surface area contributed by atoms with Crippen molar-refractivity contribution in [3.63, 3.8) is 0 Å². The van der Waals surface area contributed by atoms with Gasteiger partial charge >= 0.3 is 18.3 Å². The molecule has 1 N–H and O–H groups in total. The first-order chi connectivity index (χ1) is 18.5. The number of aryl methyl sites for hydroxylation is 1. The van der Waals surface area contributed by atoms with Gasteiger partial charge in [0.2, 0.25) is 5.91 Å². The van der Waals surface area contributed by atoms with Gasteiger partial charge in [-0.1, -0.05) is 68.8 Å². The number of benzene rings is 2. The topological polar surface area (TPSA) is 66.8 Å². The first-order valence-electron chi connectivity index (χ1n) is 12.3. The Morgan fingerprint density at radius 3 is 1.93 bits per heavy atom. The van der Waals surface area contributed by atoms with Crippen molar-refractivity contribution in [2.45, 2.75) is 57.3 Å². The summed E-state index contributed by atoms with van der Waals surface area (Å²) in [6.07, 6.45) is -0.0949. The number of terminal acetylenes is 1. The summed E-state index contributed by atoms with van der Waals surface area (Å²) in [6.45, 7) is 5.36. The van der Waals surface area contributed by atoms with Crippen molar-refractivity contribution in [3.05, 3.63) is 71.3 Å². The second-order valence-corrected chi connectivity index (χ2v) is 9.57. The zero-order valence-electron chi connectivity index (χ0n) is 22.5. The number of carboxylic acid groups (broad SMARTS) is 1. The predicted molar refractivity (Wildman–Crippen MR) is 138 cm³/mol. The summed E-state index contributed by atoms with van der Waals surface area (Å²) in [7, 11) is 1.44. The highest BCUT2D eigenvalue weighted by Gasteiger charge is 2.38. The van der Waals surface area contributed by atoms with Gasteiger partial charge in [-0.2, -0.15) is 26.3 Å². The number of amides is 1. The minimum atomic E-state index is -5.08. The number of carboxylic acids is 1. The zero-order valence-corrected chi connectivity index (χ0v) is 22.5. The molecule has 0 unspecified atom stereocenters. The van der Waals surface area contributed by atoms with Gasteiger partial charge in [-0.15, -0.1) is 0 Å². The van der Waals surface area contributed by atoms with E-state index >= 15 is 0 Å². The van der Waals surface area contributed by atoms with Crippen molar-refractivity contribution in [1.29, 1.82) is 0 Å². The number of piperidine rings is 1. The Morgan fingerprint density at radius 1 is 0.975 bits per heavy atom. The third-order valence-electron chi connectivity index (χ3n) is 6.63. The van der Waals surface area contributed by atoms with Crippen LogP contribution in [-0.4, -0.2) is 48.3 Å². The summed E-state index contributed by atoms with van der Waals surface area (Å²) in [6, 6.07) is 15.6. The van der Waals surface area contributed by atoms with Crippen LogP contribution in [0.4, 0.5) is 26.3 Å². The second-order valence-electron chi connectivity index (χ2n) is 9.57. The zero-order chi connectivity index (χ0) is 30.6. The molecule has 1 heterocycles. The molecule has 0 atom stereocenters. The highest BCUT2D eigenvalue weighted by atomic mass is 19.4. The highest BCUT2D eigenvalue weighted by molar-refractivity contribution is 5.76. The number of ether oxygens (including phenoxy) is 1. The van der Waals surface area contributed by atoms with Crippen LogP contribution in [0.15, 0.2) is 54.6 Å². The van der Waals surface area contributed by atoms with Gasteiger partial charge in [0.25, 0.3) is 0 Å². The number of nitrogens with zero attached hydrogens (tertiary/aromatic N) is 1. The lowest BCUT2D eigenvalue weighted by Gasteiger charge is -2.41. The molecule has 0 saturated carbocycles. The lowest BCUT2D eigenvalue weighted by atomic mass is 9.69. The molecule has 2 aromatic rings. The first kappa shape index (κ1) is 34.3. The number of alkyl halides is 6. The van der Waals surface area contributed by atoms with Crippen molar-refractivity contribution >= 4 is 11.9 Å². The van der Waals surface area contributed by atoms with Gasteiger partial charge in [-0.3, -0.25) is 4.79 Å². The van der Waals surface area contributed by atoms with E-state index in [1.807, 2.05) is 55.2 Å².